The monoisotopic (exact) mass is 305 g/mol. The molecule has 1 N–H and O–H groups in total. The average Bonchev–Trinajstić information content (AvgIpc) is 2.52. The first-order valence-electron chi connectivity index (χ1n) is 8.36. The molecule has 1 aromatic carbocycles. The summed E-state index contributed by atoms with van der Waals surface area (Å²) in [5.41, 5.74) is 1.19. The smallest absolute Gasteiger partial charge is 0.307 e. The SMILES string of the molecule is CCCCCOc1cccc(CN2CCCC(C(=O)O)C2)c1. The number of carbonyl (C=O) groups is 1. The molecule has 1 saturated heterocycles. The van der Waals surface area contributed by atoms with Gasteiger partial charge in [-0.25, -0.2) is 0 Å². The molecule has 0 aromatic heterocycles. The lowest BCUT2D eigenvalue weighted by molar-refractivity contribution is -0.143. The van der Waals surface area contributed by atoms with Gasteiger partial charge in [0.1, 0.15) is 5.75 Å². The van der Waals surface area contributed by atoms with Gasteiger partial charge in [-0.3, -0.25) is 9.69 Å². The Hall–Kier alpha value is -1.55. The van der Waals surface area contributed by atoms with Gasteiger partial charge in [0.25, 0.3) is 0 Å². The van der Waals surface area contributed by atoms with Crippen molar-refractivity contribution in [2.45, 2.75) is 45.6 Å². The maximum atomic E-state index is 11.1. The maximum Gasteiger partial charge on any atom is 0.307 e. The van der Waals surface area contributed by atoms with Crippen LogP contribution in [0.2, 0.25) is 0 Å². The molecule has 122 valence electrons. The molecule has 1 heterocycles. The molecule has 1 aromatic rings. The first kappa shape index (κ1) is 16.8. The van der Waals surface area contributed by atoms with Crippen molar-refractivity contribution in [2.24, 2.45) is 5.92 Å². The van der Waals surface area contributed by atoms with Crippen molar-refractivity contribution in [3.05, 3.63) is 29.8 Å². The van der Waals surface area contributed by atoms with E-state index in [4.69, 9.17) is 9.84 Å². The highest BCUT2D eigenvalue weighted by Gasteiger charge is 2.25. The summed E-state index contributed by atoms with van der Waals surface area (Å²) in [7, 11) is 0. The highest BCUT2D eigenvalue weighted by Crippen LogP contribution is 2.21. The van der Waals surface area contributed by atoms with Crippen LogP contribution in [-0.2, 0) is 11.3 Å². The minimum atomic E-state index is -0.669. The van der Waals surface area contributed by atoms with Gasteiger partial charge in [0.2, 0.25) is 0 Å². The van der Waals surface area contributed by atoms with E-state index < -0.39 is 5.97 Å². The van der Waals surface area contributed by atoms with Crippen LogP contribution in [0.1, 0.15) is 44.6 Å². The van der Waals surface area contributed by atoms with Gasteiger partial charge in [0, 0.05) is 13.1 Å². The summed E-state index contributed by atoms with van der Waals surface area (Å²) in [6.45, 7) is 5.38. The number of rotatable bonds is 8. The highest BCUT2D eigenvalue weighted by molar-refractivity contribution is 5.70. The molecule has 1 atom stereocenters. The van der Waals surface area contributed by atoms with Crippen molar-refractivity contribution in [3.63, 3.8) is 0 Å². The van der Waals surface area contributed by atoms with Crippen LogP contribution in [0.3, 0.4) is 0 Å². The van der Waals surface area contributed by atoms with Crippen molar-refractivity contribution < 1.29 is 14.6 Å². The fraction of sp³-hybridized carbons (Fsp3) is 0.611. The topological polar surface area (TPSA) is 49.8 Å². The maximum absolute atomic E-state index is 11.1. The summed E-state index contributed by atoms with van der Waals surface area (Å²) in [6.07, 6.45) is 5.25. The lowest BCUT2D eigenvalue weighted by atomic mass is 9.98. The lowest BCUT2D eigenvalue weighted by Gasteiger charge is -2.30. The van der Waals surface area contributed by atoms with E-state index in [0.717, 1.165) is 44.7 Å². The van der Waals surface area contributed by atoms with Gasteiger partial charge >= 0.3 is 5.97 Å². The number of likely N-dealkylation sites (tertiary alicyclic amines) is 1. The largest absolute Gasteiger partial charge is 0.494 e. The molecule has 1 unspecified atom stereocenters. The number of carboxylic acids is 1. The number of hydrogen-bond donors (Lipinski definition) is 1. The fourth-order valence-corrected chi connectivity index (χ4v) is 2.93. The van der Waals surface area contributed by atoms with E-state index in [1.165, 1.54) is 18.4 Å². The van der Waals surface area contributed by atoms with Crippen LogP contribution < -0.4 is 4.74 Å². The zero-order chi connectivity index (χ0) is 15.8. The molecule has 22 heavy (non-hydrogen) atoms. The standard InChI is InChI=1S/C18H27NO3/c1-2-3-4-11-22-17-9-5-7-15(12-17)13-19-10-6-8-16(14-19)18(20)21/h5,7,9,12,16H,2-4,6,8,10-11,13-14H2,1H3,(H,20,21). The second kappa shape index (κ2) is 8.79. The third-order valence-electron chi connectivity index (χ3n) is 4.18. The number of aliphatic carboxylic acids is 1. The van der Waals surface area contributed by atoms with E-state index in [-0.39, 0.29) is 5.92 Å². The highest BCUT2D eigenvalue weighted by atomic mass is 16.5. The van der Waals surface area contributed by atoms with Crippen LogP contribution in [0.25, 0.3) is 0 Å². The zero-order valence-corrected chi connectivity index (χ0v) is 13.5. The molecule has 1 fully saturated rings. The number of carboxylic acid groups (broad SMARTS) is 1. The van der Waals surface area contributed by atoms with Crippen LogP contribution in [0.4, 0.5) is 0 Å². The number of benzene rings is 1. The average molecular weight is 305 g/mol. The predicted octanol–water partition coefficient (Wildman–Crippen LogP) is 3.55. The Labute approximate surface area is 133 Å². The third kappa shape index (κ3) is 5.34. The molecule has 1 aliphatic heterocycles. The molecule has 0 aliphatic carbocycles. The molecule has 0 saturated carbocycles. The number of nitrogens with zero attached hydrogens (tertiary/aromatic N) is 1. The Bertz CT molecular complexity index is 475. The second-order valence-electron chi connectivity index (χ2n) is 6.12. The Kier molecular flexibility index (Phi) is 6.72. The van der Waals surface area contributed by atoms with Crippen LogP contribution in [-0.4, -0.2) is 35.7 Å². The molecule has 0 amide bonds. The van der Waals surface area contributed by atoms with E-state index in [1.54, 1.807) is 0 Å². The normalized spacial score (nSPS) is 19.0. The van der Waals surface area contributed by atoms with Gasteiger partial charge in [-0.1, -0.05) is 31.9 Å². The molecule has 4 heteroatoms. The molecular formula is C18H27NO3. The van der Waals surface area contributed by atoms with Crippen molar-refractivity contribution in [1.82, 2.24) is 4.90 Å². The van der Waals surface area contributed by atoms with Crippen LogP contribution in [0.5, 0.6) is 5.75 Å². The molecule has 4 nitrogen and oxygen atoms in total. The molecule has 2 rings (SSSR count). The predicted molar refractivity (Wildman–Crippen MR) is 87.1 cm³/mol. The fourth-order valence-electron chi connectivity index (χ4n) is 2.93. The summed E-state index contributed by atoms with van der Waals surface area (Å²) in [5, 5.41) is 9.16. The lowest BCUT2D eigenvalue weighted by Crippen LogP contribution is -2.38. The Morgan fingerprint density at radius 3 is 3.05 bits per heavy atom. The second-order valence-corrected chi connectivity index (χ2v) is 6.12. The summed E-state index contributed by atoms with van der Waals surface area (Å²) >= 11 is 0. The van der Waals surface area contributed by atoms with Crippen molar-refractivity contribution in [3.8, 4) is 5.75 Å². The van der Waals surface area contributed by atoms with E-state index in [2.05, 4.69) is 24.0 Å². The van der Waals surface area contributed by atoms with Crippen molar-refractivity contribution >= 4 is 5.97 Å². The van der Waals surface area contributed by atoms with Gasteiger partial charge in [0.15, 0.2) is 0 Å². The first-order chi connectivity index (χ1) is 10.7. The van der Waals surface area contributed by atoms with Crippen LogP contribution >= 0.6 is 0 Å². The van der Waals surface area contributed by atoms with Crippen molar-refractivity contribution in [2.75, 3.05) is 19.7 Å². The number of hydrogen-bond acceptors (Lipinski definition) is 3. The molecule has 0 spiro atoms. The molecule has 0 bridgehead atoms. The minimum absolute atomic E-state index is 0.220. The van der Waals surface area contributed by atoms with Gasteiger partial charge in [0.05, 0.1) is 12.5 Å². The number of piperidine rings is 1. The van der Waals surface area contributed by atoms with E-state index in [1.807, 2.05) is 12.1 Å². The van der Waals surface area contributed by atoms with Crippen LogP contribution in [0.15, 0.2) is 24.3 Å². The summed E-state index contributed by atoms with van der Waals surface area (Å²) < 4.78 is 5.78. The van der Waals surface area contributed by atoms with Gasteiger partial charge in [-0.15, -0.1) is 0 Å². The quantitative estimate of drug-likeness (QED) is 0.746. The van der Waals surface area contributed by atoms with E-state index in [9.17, 15) is 4.79 Å². The third-order valence-corrected chi connectivity index (χ3v) is 4.18. The number of unbranched alkanes of at least 4 members (excludes halogenated alkanes) is 2. The summed E-state index contributed by atoms with van der Waals surface area (Å²) in [5.74, 6) is 0.0281. The molecular weight excluding hydrogens is 278 g/mol. The van der Waals surface area contributed by atoms with Gasteiger partial charge in [-0.05, 0) is 43.5 Å². The Morgan fingerprint density at radius 1 is 1.41 bits per heavy atom. The number of ether oxygens (including phenoxy) is 1. The molecule has 0 radical (unpaired) electrons. The first-order valence-corrected chi connectivity index (χ1v) is 8.36. The van der Waals surface area contributed by atoms with Crippen LogP contribution in [0, 0.1) is 5.92 Å². The zero-order valence-electron chi connectivity index (χ0n) is 13.5. The van der Waals surface area contributed by atoms with E-state index in [0.29, 0.717) is 6.54 Å². The van der Waals surface area contributed by atoms with E-state index >= 15 is 0 Å². The molecule has 1 aliphatic rings. The minimum Gasteiger partial charge on any atom is -0.494 e. The summed E-state index contributed by atoms with van der Waals surface area (Å²) in [6, 6.07) is 8.18. The summed E-state index contributed by atoms with van der Waals surface area (Å²) in [4.78, 5) is 13.4. The van der Waals surface area contributed by atoms with Crippen molar-refractivity contribution in [1.29, 1.82) is 0 Å². The Balaban J connectivity index is 1.85. The van der Waals surface area contributed by atoms with Gasteiger partial charge < -0.3 is 9.84 Å². The van der Waals surface area contributed by atoms with Gasteiger partial charge in [-0.2, -0.15) is 0 Å². The Morgan fingerprint density at radius 2 is 2.27 bits per heavy atom.